The van der Waals surface area contributed by atoms with Crippen LogP contribution in [-0.2, 0) is 10.0 Å². The first kappa shape index (κ1) is 24.0. The molecular weight excluding hydrogens is 383 g/mol. The first-order valence-corrected chi connectivity index (χ1v) is 10.9. The third-order valence-electron chi connectivity index (χ3n) is 4.31. The van der Waals surface area contributed by atoms with Crippen LogP contribution < -0.4 is 10.0 Å². The van der Waals surface area contributed by atoms with E-state index in [4.69, 9.17) is 0 Å². The minimum absolute atomic E-state index is 0.132. The summed E-state index contributed by atoms with van der Waals surface area (Å²) in [5.74, 6) is 0.757. The van der Waals surface area contributed by atoms with Crippen molar-refractivity contribution in [2.75, 3.05) is 52.6 Å². The van der Waals surface area contributed by atoms with Crippen LogP contribution in [0.25, 0.3) is 0 Å². The second-order valence-corrected chi connectivity index (χ2v) is 9.45. The first-order chi connectivity index (χ1) is 12.2. The number of hydrogen-bond acceptors (Lipinski definition) is 4. The number of hydrogen-bond donors (Lipinski definition) is 2. The Balaban J connectivity index is 2.57. The third kappa shape index (κ3) is 9.61. The van der Waals surface area contributed by atoms with Crippen molar-refractivity contribution in [3.05, 3.63) is 0 Å². The summed E-state index contributed by atoms with van der Waals surface area (Å²) in [6.45, 7) is 6.77. The van der Waals surface area contributed by atoms with Crippen LogP contribution >= 0.6 is 0 Å². The first-order valence-electron chi connectivity index (χ1n) is 8.98. The Labute approximate surface area is 160 Å². The highest BCUT2D eigenvalue weighted by Crippen LogP contribution is 2.21. The van der Waals surface area contributed by atoms with Gasteiger partial charge in [0.2, 0.25) is 10.0 Å². The Morgan fingerprint density at radius 1 is 1.33 bits per heavy atom. The zero-order chi connectivity index (χ0) is 20.9. The maximum Gasteiger partial charge on any atom is 0.401 e. The van der Waals surface area contributed by atoms with Crippen molar-refractivity contribution in [2.24, 2.45) is 10.9 Å². The Morgan fingerprint density at radius 3 is 2.44 bits per heavy atom. The summed E-state index contributed by atoms with van der Waals surface area (Å²) in [5.41, 5.74) is -0.700. The quantitative estimate of drug-likeness (QED) is 0.459. The van der Waals surface area contributed by atoms with Gasteiger partial charge in [0.25, 0.3) is 0 Å². The van der Waals surface area contributed by atoms with E-state index in [1.807, 2.05) is 4.90 Å². The largest absolute Gasteiger partial charge is 0.401 e. The number of guanidine groups is 1. The summed E-state index contributed by atoms with van der Waals surface area (Å²) in [5, 5.41) is 3.16. The SMILES string of the molecule is CCN(CC1CCN(C(=NC)NCC(C)(C)NS(C)(=O)=O)C1)CC(F)(F)F. The van der Waals surface area contributed by atoms with Crippen LogP contribution in [-0.4, -0.2) is 88.5 Å². The van der Waals surface area contributed by atoms with Crippen molar-refractivity contribution >= 4 is 16.0 Å². The van der Waals surface area contributed by atoms with Gasteiger partial charge in [-0.2, -0.15) is 13.2 Å². The predicted molar refractivity (Wildman–Crippen MR) is 101 cm³/mol. The number of rotatable bonds is 8. The lowest BCUT2D eigenvalue weighted by Crippen LogP contribution is -2.53. The van der Waals surface area contributed by atoms with Crippen molar-refractivity contribution in [1.29, 1.82) is 0 Å². The molecule has 1 saturated heterocycles. The van der Waals surface area contributed by atoms with Crippen molar-refractivity contribution < 1.29 is 21.6 Å². The number of alkyl halides is 3. The number of nitrogens with zero attached hydrogens (tertiary/aromatic N) is 3. The van der Waals surface area contributed by atoms with Crippen molar-refractivity contribution in [2.45, 2.75) is 38.9 Å². The van der Waals surface area contributed by atoms with Crippen LogP contribution in [0.3, 0.4) is 0 Å². The van der Waals surface area contributed by atoms with Crippen LogP contribution in [0, 0.1) is 5.92 Å². The van der Waals surface area contributed by atoms with Crippen molar-refractivity contribution in [3.8, 4) is 0 Å². The van der Waals surface area contributed by atoms with Gasteiger partial charge in [0, 0.05) is 38.8 Å². The van der Waals surface area contributed by atoms with E-state index in [0.717, 1.165) is 12.7 Å². The summed E-state index contributed by atoms with van der Waals surface area (Å²) in [4.78, 5) is 7.65. The molecule has 1 aliphatic heterocycles. The van der Waals surface area contributed by atoms with Gasteiger partial charge in [-0.1, -0.05) is 6.92 Å². The second-order valence-electron chi connectivity index (χ2n) is 7.70. The number of aliphatic imine (C=N–C) groups is 1. The molecule has 11 heteroatoms. The molecule has 2 N–H and O–H groups in total. The molecular formula is C16H32F3N5O2S. The molecule has 0 spiro atoms. The van der Waals surface area contributed by atoms with E-state index in [9.17, 15) is 21.6 Å². The Kier molecular flexibility index (Phi) is 8.36. The molecule has 0 aromatic rings. The van der Waals surface area contributed by atoms with Gasteiger partial charge in [-0.25, -0.2) is 13.1 Å². The monoisotopic (exact) mass is 415 g/mol. The van der Waals surface area contributed by atoms with Crippen LogP contribution in [0.4, 0.5) is 13.2 Å². The Bertz CT molecular complexity index is 608. The van der Waals surface area contributed by atoms with E-state index in [0.29, 0.717) is 38.7 Å². The fraction of sp³-hybridized carbons (Fsp3) is 0.938. The maximum absolute atomic E-state index is 12.6. The molecule has 0 saturated carbocycles. The minimum Gasteiger partial charge on any atom is -0.354 e. The molecule has 1 rings (SSSR count). The van der Waals surface area contributed by atoms with Crippen molar-refractivity contribution in [1.82, 2.24) is 19.8 Å². The average molecular weight is 416 g/mol. The van der Waals surface area contributed by atoms with Gasteiger partial charge in [-0.15, -0.1) is 0 Å². The van der Waals surface area contributed by atoms with Gasteiger partial charge in [-0.3, -0.25) is 9.89 Å². The standard InChI is InChI=1S/C16H32F3N5O2S/c1-6-23(12-16(17,18)19)9-13-7-8-24(10-13)14(20-4)21-11-15(2,3)22-27(5,25)26/h13,22H,6-12H2,1-5H3,(H,20,21). The molecule has 0 amide bonds. The highest BCUT2D eigenvalue weighted by Gasteiger charge is 2.33. The summed E-state index contributed by atoms with van der Waals surface area (Å²) in [6.07, 6.45) is -2.29. The zero-order valence-corrected chi connectivity index (χ0v) is 17.5. The molecule has 1 heterocycles. The molecule has 0 radical (unpaired) electrons. The van der Waals surface area contributed by atoms with Crippen LogP contribution in [0.1, 0.15) is 27.2 Å². The average Bonchev–Trinajstić information content (AvgIpc) is 2.91. The molecule has 7 nitrogen and oxygen atoms in total. The van der Waals surface area contributed by atoms with Crippen LogP contribution in [0.5, 0.6) is 0 Å². The van der Waals surface area contributed by atoms with Gasteiger partial charge in [0.1, 0.15) is 0 Å². The smallest absolute Gasteiger partial charge is 0.354 e. The predicted octanol–water partition coefficient (Wildman–Crippen LogP) is 1.10. The molecule has 0 aromatic carbocycles. The molecule has 1 aliphatic rings. The number of halogens is 3. The third-order valence-corrected chi connectivity index (χ3v) is 5.24. The molecule has 0 aliphatic carbocycles. The number of likely N-dealkylation sites (tertiary alicyclic amines) is 1. The molecule has 1 atom stereocenters. The van der Waals surface area contributed by atoms with E-state index < -0.39 is 28.3 Å². The van der Waals surface area contributed by atoms with Crippen LogP contribution in [0.2, 0.25) is 0 Å². The van der Waals surface area contributed by atoms with E-state index in [1.54, 1.807) is 27.8 Å². The molecule has 1 unspecified atom stereocenters. The summed E-state index contributed by atoms with van der Waals surface area (Å²) in [7, 11) is -1.70. The molecule has 160 valence electrons. The Morgan fingerprint density at radius 2 is 1.96 bits per heavy atom. The van der Waals surface area contributed by atoms with Crippen molar-refractivity contribution in [3.63, 3.8) is 0 Å². The summed E-state index contributed by atoms with van der Waals surface area (Å²) in [6, 6.07) is 0. The topological polar surface area (TPSA) is 77.0 Å². The summed E-state index contributed by atoms with van der Waals surface area (Å²) >= 11 is 0. The van der Waals surface area contributed by atoms with Gasteiger partial charge in [0.05, 0.1) is 12.8 Å². The number of sulfonamides is 1. The van der Waals surface area contributed by atoms with Gasteiger partial charge >= 0.3 is 6.18 Å². The molecule has 0 bridgehead atoms. The van der Waals surface area contributed by atoms with Gasteiger partial charge in [-0.05, 0) is 32.7 Å². The lowest BCUT2D eigenvalue weighted by molar-refractivity contribution is -0.146. The van der Waals surface area contributed by atoms with Gasteiger partial charge < -0.3 is 10.2 Å². The summed E-state index contributed by atoms with van der Waals surface area (Å²) < 4.78 is 63.3. The fourth-order valence-corrected chi connectivity index (χ4v) is 4.34. The lowest BCUT2D eigenvalue weighted by Gasteiger charge is -2.29. The highest BCUT2D eigenvalue weighted by molar-refractivity contribution is 7.88. The van der Waals surface area contributed by atoms with Gasteiger partial charge in [0.15, 0.2) is 5.96 Å². The molecule has 27 heavy (non-hydrogen) atoms. The highest BCUT2D eigenvalue weighted by atomic mass is 32.2. The maximum atomic E-state index is 12.6. The van der Waals surface area contributed by atoms with E-state index >= 15 is 0 Å². The normalized spacial score (nSPS) is 19.8. The fourth-order valence-electron chi connectivity index (χ4n) is 3.27. The molecule has 0 aromatic heterocycles. The zero-order valence-electron chi connectivity index (χ0n) is 16.7. The van der Waals surface area contributed by atoms with Crippen LogP contribution in [0.15, 0.2) is 4.99 Å². The molecule has 1 fully saturated rings. The van der Waals surface area contributed by atoms with E-state index in [2.05, 4.69) is 15.0 Å². The lowest BCUT2D eigenvalue weighted by atomic mass is 10.1. The van der Waals surface area contributed by atoms with E-state index in [1.165, 1.54) is 4.90 Å². The minimum atomic E-state index is -4.19. The second kappa shape index (κ2) is 9.42. The Hall–Kier alpha value is -1.07. The van der Waals surface area contributed by atoms with E-state index in [-0.39, 0.29) is 5.92 Å². The number of nitrogens with one attached hydrogen (secondary N) is 2.